The molecular formula is C17H25N5O3. The molecule has 0 fully saturated rings. The molecule has 0 N–H and O–H groups in total. The molecule has 0 aliphatic rings. The van der Waals surface area contributed by atoms with Crippen LogP contribution < -0.4 is 4.90 Å². The summed E-state index contributed by atoms with van der Waals surface area (Å²) in [4.78, 5) is 29.5. The molecule has 8 nitrogen and oxygen atoms in total. The van der Waals surface area contributed by atoms with Gasteiger partial charge in [-0.1, -0.05) is 0 Å². The second kappa shape index (κ2) is 8.68. The van der Waals surface area contributed by atoms with E-state index in [1.54, 1.807) is 40.6 Å². The summed E-state index contributed by atoms with van der Waals surface area (Å²) in [5, 5.41) is 0.734. The summed E-state index contributed by atoms with van der Waals surface area (Å²) in [5.74, 6) is 1.10. The zero-order valence-corrected chi connectivity index (χ0v) is 15.4. The minimum absolute atomic E-state index is 0.121. The van der Waals surface area contributed by atoms with Gasteiger partial charge >= 0.3 is 0 Å². The fourth-order valence-electron chi connectivity index (χ4n) is 2.41. The molecule has 0 saturated carbocycles. The molecule has 0 radical (unpaired) electrons. The molecule has 0 aliphatic carbocycles. The lowest BCUT2D eigenvalue weighted by atomic mass is 10.1. The van der Waals surface area contributed by atoms with E-state index in [0.717, 1.165) is 5.39 Å². The Bertz CT molecular complexity index is 728. The topological polar surface area (TPSA) is 80.7 Å². The number of anilines is 1. The zero-order valence-electron chi connectivity index (χ0n) is 15.4. The summed E-state index contributed by atoms with van der Waals surface area (Å²) >= 11 is 0. The summed E-state index contributed by atoms with van der Waals surface area (Å²) in [6, 6.07) is 1.80. The monoisotopic (exact) mass is 347 g/mol. The summed E-state index contributed by atoms with van der Waals surface area (Å²) in [5.41, 5.74) is 1.08. The third kappa shape index (κ3) is 4.61. The Balaban J connectivity index is 2.58. The molecule has 8 heteroatoms. The van der Waals surface area contributed by atoms with E-state index in [1.165, 1.54) is 4.90 Å². The fourth-order valence-corrected chi connectivity index (χ4v) is 2.41. The average molecular weight is 347 g/mol. The lowest BCUT2D eigenvalue weighted by molar-refractivity contribution is 0.0827. The van der Waals surface area contributed by atoms with Crippen molar-refractivity contribution in [2.45, 2.75) is 6.92 Å². The predicted octanol–water partition coefficient (Wildman–Crippen LogP) is 1.13. The highest BCUT2D eigenvalue weighted by Crippen LogP contribution is 2.23. The van der Waals surface area contributed by atoms with Crippen LogP contribution in [-0.4, -0.2) is 80.4 Å². The van der Waals surface area contributed by atoms with Crippen LogP contribution in [0.3, 0.4) is 0 Å². The first-order valence-electron chi connectivity index (χ1n) is 8.06. The van der Waals surface area contributed by atoms with E-state index in [0.29, 0.717) is 49.2 Å². The minimum atomic E-state index is -0.121. The summed E-state index contributed by atoms with van der Waals surface area (Å²) in [6.07, 6.45) is 1.69. The molecule has 1 amide bonds. The molecule has 136 valence electrons. The molecule has 0 unspecified atom stereocenters. The van der Waals surface area contributed by atoms with Crippen LogP contribution in [0, 0.1) is 6.92 Å². The van der Waals surface area contributed by atoms with E-state index >= 15 is 0 Å². The van der Waals surface area contributed by atoms with Crippen LogP contribution in [0.1, 0.15) is 16.2 Å². The van der Waals surface area contributed by atoms with E-state index in [9.17, 15) is 4.79 Å². The molecule has 0 aromatic carbocycles. The molecule has 0 bridgehead atoms. The van der Waals surface area contributed by atoms with Gasteiger partial charge in [0.25, 0.3) is 5.91 Å². The number of amides is 1. The first kappa shape index (κ1) is 19.0. The lowest BCUT2D eigenvalue weighted by Gasteiger charge is -2.26. The molecule has 0 atom stereocenters. The van der Waals surface area contributed by atoms with Crippen molar-refractivity contribution in [2.75, 3.05) is 59.5 Å². The van der Waals surface area contributed by atoms with Gasteiger partial charge in [-0.15, -0.1) is 0 Å². The number of carbonyl (C=O) groups excluding carboxylic acids is 1. The largest absolute Gasteiger partial charge is 0.383 e. The molecular weight excluding hydrogens is 322 g/mol. The van der Waals surface area contributed by atoms with Gasteiger partial charge in [0, 0.05) is 53.0 Å². The van der Waals surface area contributed by atoms with Crippen molar-refractivity contribution in [3.05, 3.63) is 23.7 Å². The second-order valence-corrected chi connectivity index (χ2v) is 5.86. The van der Waals surface area contributed by atoms with E-state index in [1.807, 2.05) is 11.8 Å². The Morgan fingerprint density at radius 1 is 1.12 bits per heavy atom. The summed E-state index contributed by atoms with van der Waals surface area (Å²) in [7, 11) is 6.72. The van der Waals surface area contributed by atoms with E-state index in [-0.39, 0.29) is 5.91 Å². The summed E-state index contributed by atoms with van der Waals surface area (Å²) in [6.45, 7) is 4.03. The van der Waals surface area contributed by atoms with Gasteiger partial charge < -0.3 is 19.3 Å². The number of rotatable bonds is 8. The van der Waals surface area contributed by atoms with Crippen LogP contribution in [0.15, 0.2) is 12.3 Å². The van der Waals surface area contributed by atoms with Gasteiger partial charge in [-0.3, -0.25) is 4.79 Å². The van der Waals surface area contributed by atoms with Crippen LogP contribution in [-0.2, 0) is 9.47 Å². The molecule has 2 rings (SSSR count). The van der Waals surface area contributed by atoms with Crippen molar-refractivity contribution >= 4 is 22.8 Å². The van der Waals surface area contributed by atoms with Crippen molar-refractivity contribution in [3.63, 3.8) is 0 Å². The number of hydrogen-bond donors (Lipinski definition) is 0. The van der Waals surface area contributed by atoms with Gasteiger partial charge in [0.1, 0.15) is 11.6 Å². The van der Waals surface area contributed by atoms with Gasteiger partial charge in [0.05, 0.1) is 18.8 Å². The normalized spacial score (nSPS) is 10.9. The highest BCUT2D eigenvalue weighted by atomic mass is 16.5. The first-order valence-corrected chi connectivity index (χ1v) is 8.06. The van der Waals surface area contributed by atoms with Crippen LogP contribution in [0.5, 0.6) is 0 Å². The minimum Gasteiger partial charge on any atom is -0.383 e. The average Bonchev–Trinajstić information content (AvgIpc) is 2.60. The molecule has 0 saturated heterocycles. The van der Waals surface area contributed by atoms with Crippen molar-refractivity contribution in [1.82, 2.24) is 19.9 Å². The Labute approximate surface area is 147 Å². The quantitative estimate of drug-likeness (QED) is 0.708. The van der Waals surface area contributed by atoms with Crippen LogP contribution in [0.2, 0.25) is 0 Å². The number of methoxy groups -OCH3 is 2. The SMILES string of the molecule is COCCN(CCOC)c1nc2nc(C)ncc2cc1C(=O)N(C)C. The fraction of sp³-hybridized carbons (Fsp3) is 0.529. The third-order valence-electron chi connectivity index (χ3n) is 3.74. The lowest BCUT2D eigenvalue weighted by Crippen LogP contribution is -2.34. The first-order chi connectivity index (χ1) is 12.0. The molecule has 2 aromatic rings. The number of fused-ring (bicyclic) bond motifs is 1. The number of pyridine rings is 1. The van der Waals surface area contributed by atoms with Crippen LogP contribution >= 0.6 is 0 Å². The Morgan fingerprint density at radius 3 is 2.32 bits per heavy atom. The van der Waals surface area contributed by atoms with Gasteiger partial charge in [-0.05, 0) is 13.0 Å². The van der Waals surface area contributed by atoms with E-state index in [4.69, 9.17) is 9.47 Å². The molecule has 25 heavy (non-hydrogen) atoms. The smallest absolute Gasteiger partial charge is 0.257 e. The number of aryl methyl sites for hydroxylation is 1. The molecule has 0 aliphatic heterocycles. The van der Waals surface area contributed by atoms with Crippen molar-refractivity contribution in [3.8, 4) is 0 Å². The Kier molecular flexibility index (Phi) is 6.60. The Hall–Kier alpha value is -2.32. The summed E-state index contributed by atoms with van der Waals surface area (Å²) < 4.78 is 10.4. The molecule has 0 spiro atoms. The highest BCUT2D eigenvalue weighted by molar-refractivity contribution is 6.01. The number of hydrogen-bond acceptors (Lipinski definition) is 7. The number of nitrogens with zero attached hydrogens (tertiary/aromatic N) is 5. The van der Waals surface area contributed by atoms with Gasteiger partial charge in [0.2, 0.25) is 0 Å². The van der Waals surface area contributed by atoms with E-state index < -0.39 is 0 Å². The van der Waals surface area contributed by atoms with Crippen LogP contribution in [0.25, 0.3) is 11.0 Å². The molecule has 2 heterocycles. The number of ether oxygens (including phenoxy) is 2. The zero-order chi connectivity index (χ0) is 18.4. The van der Waals surface area contributed by atoms with Gasteiger partial charge in [-0.25, -0.2) is 15.0 Å². The Morgan fingerprint density at radius 2 is 1.76 bits per heavy atom. The van der Waals surface area contributed by atoms with Gasteiger partial charge in [0.15, 0.2) is 5.65 Å². The third-order valence-corrected chi connectivity index (χ3v) is 3.74. The molecule has 2 aromatic heterocycles. The van der Waals surface area contributed by atoms with Crippen molar-refractivity contribution in [1.29, 1.82) is 0 Å². The number of aromatic nitrogens is 3. The maximum absolute atomic E-state index is 12.7. The van der Waals surface area contributed by atoms with E-state index in [2.05, 4.69) is 15.0 Å². The number of carbonyl (C=O) groups is 1. The van der Waals surface area contributed by atoms with Crippen molar-refractivity contribution in [2.24, 2.45) is 0 Å². The maximum atomic E-state index is 12.7. The highest BCUT2D eigenvalue weighted by Gasteiger charge is 2.21. The predicted molar refractivity (Wildman–Crippen MR) is 96.1 cm³/mol. The van der Waals surface area contributed by atoms with Crippen molar-refractivity contribution < 1.29 is 14.3 Å². The standard InChI is InChI=1S/C17H25N5O3/c1-12-18-11-13-10-14(17(23)21(2)3)16(20-15(13)19-12)22(6-8-24-4)7-9-25-5/h10-11H,6-9H2,1-5H3. The van der Waals surface area contributed by atoms with Crippen LogP contribution in [0.4, 0.5) is 5.82 Å². The maximum Gasteiger partial charge on any atom is 0.257 e. The van der Waals surface area contributed by atoms with Gasteiger partial charge in [-0.2, -0.15) is 0 Å². The second-order valence-electron chi connectivity index (χ2n) is 5.86.